The lowest BCUT2D eigenvalue weighted by Gasteiger charge is -2.12. The van der Waals surface area contributed by atoms with Crippen molar-refractivity contribution in [2.75, 3.05) is 6.61 Å². The van der Waals surface area contributed by atoms with Crippen LogP contribution in [0.15, 0.2) is 23.2 Å². The Kier molecular flexibility index (Phi) is 4.97. The zero-order valence-corrected chi connectivity index (χ0v) is 11.3. The minimum atomic E-state index is -3.87. The zero-order chi connectivity index (χ0) is 14.5. The molecule has 0 amide bonds. The fourth-order valence-corrected chi connectivity index (χ4v) is 2.36. The molecule has 1 unspecified atom stereocenters. The summed E-state index contributed by atoms with van der Waals surface area (Å²) in [6.07, 6.45) is 1.05. The summed E-state index contributed by atoms with van der Waals surface area (Å²) >= 11 is 0. The Morgan fingerprint density at radius 1 is 1.58 bits per heavy atom. The van der Waals surface area contributed by atoms with Gasteiger partial charge in [0.2, 0.25) is 10.0 Å². The summed E-state index contributed by atoms with van der Waals surface area (Å²) in [7, 11) is -3.87. The van der Waals surface area contributed by atoms with Crippen LogP contribution in [0, 0.1) is 11.3 Å². The first-order chi connectivity index (χ1) is 8.90. The summed E-state index contributed by atoms with van der Waals surface area (Å²) < 4.78 is 30.7. The second kappa shape index (κ2) is 6.26. The van der Waals surface area contributed by atoms with Crippen molar-refractivity contribution in [3.8, 4) is 6.07 Å². The molecule has 19 heavy (non-hydrogen) atoms. The van der Waals surface area contributed by atoms with E-state index < -0.39 is 22.0 Å². The van der Waals surface area contributed by atoms with Crippen LogP contribution in [-0.2, 0) is 19.6 Å². The van der Waals surface area contributed by atoms with Crippen LogP contribution in [0.3, 0.4) is 0 Å². The van der Waals surface area contributed by atoms with E-state index in [-0.39, 0.29) is 17.2 Å². The van der Waals surface area contributed by atoms with E-state index in [0.717, 1.165) is 6.20 Å². The average molecular weight is 283 g/mol. The molecule has 0 aliphatic heterocycles. The van der Waals surface area contributed by atoms with E-state index in [1.807, 2.05) is 0 Å². The van der Waals surface area contributed by atoms with Gasteiger partial charge < -0.3 is 4.74 Å². The van der Waals surface area contributed by atoms with E-state index in [1.165, 1.54) is 19.1 Å². The van der Waals surface area contributed by atoms with Gasteiger partial charge in [-0.25, -0.2) is 13.4 Å². The number of carbonyl (C=O) groups is 1. The minimum absolute atomic E-state index is 0.109. The molecule has 1 rings (SSSR count). The first-order valence-electron chi connectivity index (χ1n) is 5.46. The molecule has 0 bridgehead atoms. The van der Waals surface area contributed by atoms with Crippen LogP contribution in [0.5, 0.6) is 0 Å². The van der Waals surface area contributed by atoms with E-state index in [9.17, 15) is 13.2 Å². The maximum atomic E-state index is 11.9. The number of rotatable bonds is 5. The molecule has 0 fully saturated rings. The molecule has 0 saturated carbocycles. The van der Waals surface area contributed by atoms with Gasteiger partial charge in [0.1, 0.15) is 22.7 Å². The quantitative estimate of drug-likeness (QED) is 0.772. The number of hydrogen-bond donors (Lipinski definition) is 1. The maximum Gasteiger partial charge on any atom is 0.323 e. The first-order valence-corrected chi connectivity index (χ1v) is 6.94. The number of hydrogen-bond acceptors (Lipinski definition) is 6. The van der Waals surface area contributed by atoms with Crippen molar-refractivity contribution in [2.45, 2.75) is 24.8 Å². The molecule has 7 nitrogen and oxygen atoms in total. The van der Waals surface area contributed by atoms with Gasteiger partial charge in [-0.05, 0) is 26.0 Å². The van der Waals surface area contributed by atoms with Crippen molar-refractivity contribution < 1.29 is 17.9 Å². The van der Waals surface area contributed by atoms with Crippen LogP contribution >= 0.6 is 0 Å². The fourth-order valence-electron chi connectivity index (χ4n) is 1.22. The number of nitrogens with zero attached hydrogens (tertiary/aromatic N) is 2. The number of aromatic nitrogens is 1. The lowest BCUT2D eigenvalue weighted by Crippen LogP contribution is -2.39. The van der Waals surface area contributed by atoms with Crippen molar-refractivity contribution in [2.24, 2.45) is 0 Å². The van der Waals surface area contributed by atoms with Gasteiger partial charge in [0.15, 0.2) is 0 Å². The summed E-state index contributed by atoms with van der Waals surface area (Å²) in [5.74, 6) is -0.660. The molecule has 0 spiro atoms. The molecule has 0 aliphatic carbocycles. The van der Waals surface area contributed by atoms with E-state index in [1.54, 1.807) is 13.0 Å². The van der Waals surface area contributed by atoms with Crippen LogP contribution in [0.4, 0.5) is 0 Å². The van der Waals surface area contributed by atoms with Crippen molar-refractivity contribution in [3.05, 3.63) is 24.0 Å². The molecule has 0 radical (unpaired) electrons. The monoisotopic (exact) mass is 283 g/mol. The predicted octanol–water partition coefficient (Wildman–Crippen LogP) is 0.183. The van der Waals surface area contributed by atoms with Gasteiger partial charge in [0, 0.05) is 6.20 Å². The summed E-state index contributed by atoms with van der Waals surface area (Å²) in [6, 6.07) is 3.30. The number of esters is 1. The third-order valence-electron chi connectivity index (χ3n) is 2.13. The Bertz CT molecular complexity index is 589. The summed E-state index contributed by atoms with van der Waals surface area (Å²) in [4.78, 5) is 14.9. The Balaban J connectivity index is 2.86. The lowest BCUT2D eigenvalue weighted by atomic mass is 10.4. The van der Waals surface area contributed by atoms with Gasteiger partial charge in [0.25, 0.3) is 0 Å². The molecule has 1 N–H and O–H groups in total. The Labute approximate surface area is 111 Å². The number of nitrogens with one attached hydrogen (secondary N) is 1. The van der Waals surface area contributed by atoms with Gasteiger partial charge in [-0.2, -0.15) is 9.98 Å². The Hall–Kier alpha value is -1.98. The molecule has 1 heterocycles. The largest absolute Gasteiger partial charge is 0.465 e. The van der Waals surface area contributed by atoms with Gasteiger partial charge >= 0.3 is 5.97 Å². The standard InChI is InChI=1S/C11H13N3O4S/c1-3-18-11(15)8(2)14-19(16,17)10-5-4-9(6-12)13-7-10/h4-5,7-8,14H,3H2,1-2H3. The number of nitriles is 1. The normalized spacial score (nSPS) is 12.5. The number of sulfonamides is 1. The summed E-state index contributed by atoms with van der Waals surface area (Å²) in [6.45, 7) is 3.18. The Morgan fingerprint density at radius 2 is 2.26 bits per heavy atom. The molecule has 1 aromatic heterocycles. The molecule has 1 atom stereocenters. The highest BCUT2D eigenvalue weighted by molar-refractivity contribution is 7.89. The smallest absolute Gasteiger partial charge is 0.323 e. The van der Waals surface area contributed by atoms with Crippen LogP contribution < -0.4 is 4.72 Å². The van der Waals surface area contributed by atoms with Crippen molar-refractivity contribution in [1.82, 2.24) is 9.71 Å². The molecule has 0 aliphatic rings. The molecule has 0 aromatic carbocycles. The molecular weight excluding hydrogens is 270 g/mol. The van der Waals surface area contributed by atoms with Crippen LogP contribution in [0.2, 0.25) is 0 Å². The number of pyridine rings is 1. The summed E-state index contributed by atoms with van der Waals surface area (Å²) in [5.41, 5.74) is 0.109. The van der Waals surface area contributed by atoms with Gasteiger partial charge in [-0.3, -0.25) is 4.79 Å². The van der Waals surface area contributed by atoms with Crippen LogP contribution in [-0.4, -0.2) is 32.0 Å². The topological polar surface area (TPSA) is 109 Å². The number of carbonyl (C=O) groups excluding carboxylic acids is 1. The van der Waals surface area contributed by atoms with Crippen LogP contribution in [0.25, 0.3) is 0 Å². The average Bonchev–Trinajstić information content (AvgIpc) is 2.38. The van der Waals surface area contributed by atoms with Gasteiger partial charge in [0.05, 0.1) is 6.61 Å². The SMILES string of the molecule is CCOC(=O)C(C)NS(=O)(=O)c1ccc(C#N)nc1. The predicted molar refractivity (Wildman–Crippen MR) is 65.4 cm³/mol. The second-order valence-electron chi connectivity index (χ2n) is 3.59. The van der Waals surface area contributed by atoms with Crippen molar-refractivity contribution >= 4 is 16.0 Å². The van der Waals surface area contributed by atoms with E-state index in [4.69, 9.17) is 10.00 Å². The summed E-state index contributed by atoms with van der Waals surface area (Å²) in [5, 5.41) is 8.57. The fraction of sp³-hybridized carbons (Fsp3) is 0.364. The highest BCUT2D eigenvalue weighted by Gasteiger charge is 2.23. The molecule has 102 valence electrons. The van der Waals surface area contributed by atoms with Crippen LogP contribution in [0.1, 0.15) is 19.5 Å². The van der Waals surface area contributed by atoms with Gasteiger partial charge in [-0.15, -0.1) is 0 Å². The van der Waals surface area contributed by atoms with Crippen molar-refractivity contribution in [3.63, 3.8) is 0 Å². The van der Waals surface area contributed by atoms with E-state index >= 15 is 0 Å². The molecule has 8 heteroatoms. The molecule has 0 saturated heterocycles. The highest BCUT2D eigenvalue weighted by atomic mass is 32.2. The lowest BCUT2D eigenvalue weighted by molar-refractivity contribution is -0.144. The van der Waals surface area contributed by atoms with Gasteiger partial charge in [-0.1, -0.05) is 0 Å². The molecular formula is C11H13N3O4S. The zero-order valence-electron chi connectivity index (χ0n) is 10.5. The van der Waals surface area contributed by atoms with Crippen molar-refractivity contribution in [1.29, 1.82) is 5.26 Å². The third-order valence-corrected chi connectivity index (χ3v) is 3.66. The minimum Gasteiger partial charge on any atom is -0.465 e. The highest BCUT2D eigenvalue weighted by Crippen LogP contribution is 2.08. The van der Waals surface area contributed by atoms with E-state index in [0.29, 0.717) is 0 Å². The third kappa shape index (κ3) is 4.01. The molecule has 1 aromatic rings. The Morgan fingerprint density at radius 3 is 2.74 bits per heavy atom. The second-order valence-corrected chi connectivity index (χ2v) is 5.30. The van der Waals surface area contributed by atoms with E-state index in [2.05, 4.69) is 9.71 Å². The maximum absolute atomic E-state index is 11.9. The first kappa shape index (κ1) is 15.1. The number of ether oxygens (including phenoxy) is 1.